The van der Waals surface area contributed by atoms with Crippen LogP contribution in [0.2, 0.25) is 0 Å². The number of aromatic nitrogens is 3. The number of ether oxygens (including phenoxy) is 1. The molecule has 1 saturated heterocycles. The van der Waals surface area contributed by atoms with Gasteiger partial charge in [0.2, 0.25) is 5.95 Å². The van der Waals surface area contributed by atoms with E-state index in [-0.39, 0.29) is 5.82 Å². The fraction of sp³-hybridized carbons (Fsp3) is 0.174. The molecule has 1 aliphatic rings. The van der Waals surface area contributed by atoms with E-state index in [1.165, 1.54) is 12.1 Å². The van der Waals surface area contributed by atoms with Crippen molar-refractivity contribution in [1.82, 2.24) is 15.0 Å². The first kappa shape index (κ1) is 19.2. The predicted octanol–water partition coefficient (Wildman–Crippen LogP) is 3.99. The lowest BCUT2D eigenvalue weighted by Crippen LogP contribution is -2.36. The van der Waals surface area contributed by atoms with Gasteiger partial charge in [0, 0.05) is 41.6 Å². The zero-order valence-corrected chi connectivity index (χ0v) is 16.8. The first-order valence-corrected chi connectivity index (χ1v) is 10.1. The maximum absolute atomic E-state index is 13.8. The second kappa shape index (κ2) is 8.16. The Bertz CT molecular complexity index is 1220. The van der Waals surface area contributed by atoms with Crippen LogP contribution in [0.25, 0.3) is 22.2 Å². The fourth-order valence-electron chi connectivity index (χ4n) is 3.69. The summed E-state index contributed by atoms with van der Waals surface area (Å²) in [7, 11) is 0. The number of nitrogens with one attached hydrogen (secondary N) is 1. The summed E-state index contributed by atoms with van der Waals surface area (Å²) in [5.41, 5.74) is 9.93. The van der Waals surface area contributed by atoms with Crippen LogP contribution in [0.4, 0.5) is 27.5 Å². The third-order valence-electron chi connectivity index (χ3n) is 5.24. The molecular weight excluding hydrogens is 395 g/mol. The summed E-state index contributed by atoms with van der Waals surface area (Å²) in [6.07, 6.45) is 1.62. The molecule has 31 heavy (non-hydrogen) atoms. The summed E-state index contributed by atoms with van der Waals surface area (Å²) in [5.74, 6) is 0.351. The topological polar surface area (TPSA) is 89.2 Å². The van der Waals surface area contributed by atoms with Gasteiger partial charge in [-0.2, -0.15) is 4.98 Å². The van der Waals surface area contributed by atoms with E-state index in [0.717, 1.165) is 37.7 Å². The van der Waals surface area contributed by atoms with E-state index in [4.69, 9.17) is 10.5 Å². The van der Waals surface area contributed by atoms with Crippen LogP contribution in [0, 0.1) is 5.82 Å². The van der Waals surface area contributed by atoms with Crippen LogP contribution in [0.3, 0.4) is 0 Å². The van der Waals surface area contributed by atoms with Gasteiger partial charge in [-0.05, 0) is 42.5 Å². The van der Waals surface area contributed by atoms with Crippen molar-refractivity contribution in [1.29, 1.82) is 0 Å². The molecule has 2 aromatic carbocycles. The van der Waals surface area contributed by atoms with E-state index in [2.05, 4.69) is 37.3 Å². The number of nitrogens with zero attached hydrogens (tertiary/aromatic N) is 4. The average molecular weight is 416 g/mol. The molecule has 3 heterocycles. The van der Waals surface area contributed by atoms with Gasteiger partial charge in [0.05, 0.1) is 18.9 Å². The molecule has 0 spiro atoms. The number of hydrogen-bond acceptors (Lipinski definition) is 7. The van der Waals surface area contributed by atoms with Gasteiger partial charge in [-0.15, -0.1) is 0 Å². The van der Waals surface area contributed by atoms with Crippen molar-refractivity contribution >= 4 is 34.0 Å². The fourth-order valence-corrected chi connectivity index (χ4v) is 3.69. The van der Waals surface area contributed by atoms with Crippen molar-refractivity contribution in [2.75, 3.05) is 42.3 Å². The number of nitrogens with two attached hydrogens (primary N) is 1. The van der Waals surface area contributed by atoms with Crippen molar-refractivity contribution < 1.29 is 9.13 Å². The molecule has 4 aromatic rings. The highest BCUT2D eigenvalue weighted by atomic mass is 19.1. The van der Waals surface area contributed by atoms with Crippen LogP contribution in [0.1, 0.15) is 0 Å². The lowest BCUT2D eigenvalue weighted by Gasteiger charge is -2.28. The zero-order valence-electron chi connectivity index (χ0n) is 16.8. The molecule has 1 fully saturated rings. The quantitative estimate of drug-likeness (QED) is 0.520. The van der Waals surface area contributed by atoms with E-state index < -0.39 is 0 Å². The molecule has 156 valence electrons. The lowest BCUT2D eigenvalue weighted by molar-refractivity contribution is 0.122. The van der Waals surface area contributed by atoms with E-state index in [1.807, 2.05) is 12.1 Å². The van der Waals surface area contributed by atoms with Crippen LogP contribution >= 0.6 is 0 Å². The van der Waals surface area contributed by atoms with E-state index >= 15 is 0 Å². The van der Waals surface area contributed by atoms with Crippen molar-refractivity contribution in [2.45, 2.75) is 0 Å². The number of morpholine rings is 1. The summed E-state index contributed by atoms with van der Waals surface area (Å²) >= 11 is 0. The molecule has 0 bridgehead atoms. The summed E-state index contributed by atoms with van der Waals surface area (Å²) in [6, 6.07) is 16.1. The van der Waals surface area contributed by atoms with E-state index in [9.17, 15) is 4.39 Å². The van der Waals surface area contributed by atoms with Gasteiger partial charge in [0.1, 0.15) is 17.2 Å². The van der Waals surface area contributed by atoms with Gasteiger partial charge in [-0.3, -0.25) is 4.98 Å². The van der Waals surface area contributed by atoms with Gasteiger partial charge in [-0.25, -0.2) is 9.37 Å². The molecule has 0 radical (unpaired) electrons. The predicted molar refractivity (Wildman–Crippen MR) is 120 cm³/mol. The van der Waals surface area contributed by atoms with Crippen molar-refractivity contribution in [3.63, 3.8) is 0 Å². The second-order valence-electron chi connectivity index (χ2n) is 7.27. The van der Waals surface area contributed by atoms with Crippen LogP contribution in [0.5, 0.6) is 0 Å². The molecule has 3 N–H and O–H groups in total. The number of pyridine rings is 1. The summed E-state index contributed by atoms with van der Waals surface area (Å²) in [4.78, 5) is 15.7. The van der Waals surface area contributed by atoms with Crippen LogP contribution in [-0.4, -0.2) is 41.3 Å². The largest absolute Gasteiger partial charge is 0.383 e. The highest BCUT2D eigenvalue weighted by Crippen LogP contribution is 2.29. The Kier molecular flexibility index (Phi) is 5.05. The molecule has 2 aromatic heterocycles. The van der Waals surface area contributed by atoms with Gasteiger partial charge in [0.15, 0.2) is 0 Å². The van der Waals surface area contributed by atoms with Gasteiger partial charge < -0.3 is 20.7 Å². The molecule has 0 saturated carbocycles. The number of anilines is 4. The maximum Gasteiger partial charge on any atom is 0.229 e. The third-order valence-corrected chi connectivity index (χ3v) is 5.24. The minimum atomic E-state index is -0.336. The number of hydrogen-bond donors (Lipinski definition) is 2. The smallest absolute Gasteiger partial charge is 0.229 e. The van der Waals surface area contributed by atoms with E-state index in [0.29, 0.717) is 33.9 Å². The Balaban J connectivity index is 1.47. The lowest BCUT2D eigenvalue weighted by atomic mass is 10.1. The number of fused-ring (bicyclic) bond motifs is 1. The molecule has 0 amide bonds. The molecular formula is C23H21FN6O. The van der Waals surface area contributed by atoms with Crippen molar-refractivity contribution in [3.05, 3.63) is 66.6 Å². The van der Waals surface area contributed by atoms with E-state index in [1.54, 1.807) is 24.4 Å². The van der Waals surface area contributed by atoms with Crippen molar-refractivity contribution in [2.24, 2.45) is 0 Å². The molecule has 0 atom stereocenters. The number of halogens is 1. The Hall–Kier alpha value is -3.78. The Morgan fingerprint density at radius 2 is 1.81 bits per heavy atom. The van der Waals surface area contributed by atoms with Crippen LogP contribution in [-0.2, 0) is 4.74 Å². The highest BCUT2D eigenvalue weighted by Gasteiger charge is 2.14. The number of rotatable bonds is 4. The number of nitrogen functional groups attached to an aromatic ring is 1. The van der Waals surface area contributed by atoms with Gasteiger partial charge in [0.25, 0.3) is 0 Å². The molecule has 7 nitrogen and oxygen atoms in total. The SMILES string of the molecule is Nc1nc(Nc2ccc(N3CCOCC3)cc2)nc2c(-c3cccc(F)c3)nccc12. The highest BCUT2D eigenvalue weighted by molar-refractivity contribution is 5.97. The standard InChI is InChI=1S/C23H21FN6O/c24-16-3-1-2-15(14-16)20-21-19(8-9-26-20)22(25)29-23(28-21)27-17-4-6-18(7-5-17)30-10-12-31-13-11-30/h1-9,14H,10-13H2,(H3,25,27,28,29). The van der Waals surface area contributed by atoms with Crippen LogP contribution in [0.15, 0.2) is 60.8 Å². The molecule has 0 unspecified atom stereocenters. The Labute approximate surface area is 178 Å². The molecule has 8 heteroatoms. The minimum absolute atomic E-state index is 0.331. The maximum atomic E-state index is 13.8. The zero-order chi connectivity index (χ0) is 21.2. The minimum Gasteiger partial charge on any atom is -0.383 e. The molecule has 1 aliphatic heterocycles. The molecule has 0 aliphatic carbocycles. The summed E-state index contributed by atoms with van der Waals surface area (Å²) < 4.78 is 19.2. The monoisotopic (exact) mass is 416 g/mol. The second-order valence-corrected chi connectivity index (χ2v) is 7.27. The molecule has 5 rings (SSSR count). The Morgan fingerprint density at radius 3 is 2.58 bits per heavy atom. The first-order chi connectivity index (χ1) is 15.2. The van der Waals surface area contributed by atoms with Crippen LogP contribution < -0.4 is 16.0 Å². The normalized spacial score (nSPS) is 14.0. The Morgan fingerprint density at radius 1 is 1.00 bits per heavy atom. The average Bonchev–Trinajstić information content (AvgIpc) is 2.80. The number of benzene rings is 2. The van der Waals surface area contributed by atoms with Gasteiger partial charge in [-0.1, -0.05) is 12.1 Å². The van der Waals surface area contributed by atoms with Gasteiger partial charge >= 0.3 is 0 Å². The van der Waals surface area contributed by atoms with Crippen molar-refractivity contribution in [3.8, 4) is 11.3 Å². The summed E-state index contributed by atoms with van der Waals surface area (Å²) in [5, 5.41) is 3.88. The third kappa shape index (κ3) is 3.97. The first-order valence-electron chi connectivity index (χ1n) is 10.1. The summed E-state index contributed by atoms with van der Waals surface area (Å²) in [6.45, 7) is 3.25.